The first-order chi connectivity index (χ1) is 12.8. The van der Waals surface area contributed by atoms with Gasteiger partial charge in [0, 0.05) is 25.8 Å². The molecule has 1 aliphatic heterocycles. The molecule has 0 saturated carbocycles. The summed E-state index contributed by atoms with van der Waals surface area (Å²) >= 11 is 0. The second kappa shape index (κ2) is 9.31. The normalized spacial score (nSPS) is 16.0. The van der Waals surface area contributed by atoms with Crippen molar-refractivity contribution >= 4 is 5.91 Å². The summed E-state index contributed by atoms with van der Waals surface area (Å²) in [6.45, 7) is 6.00. The van der Waals surface area contributed by atoms with Crippen molar-refractivity contribution in [3.05, 3.63) is 59.8 Å². The molecular formula is C20H25N3O3. The number of ether oxygens (including phenoxy) is 2. The molecule has 1 fully saturated rings. The molecule has 6 heteroatoms. The van der Waals surface area contributed by atoms with E-state index < -0.39 is 0 Å². The number of benzene rings is 1. The van der Waals surface area contributed by atoms with Crippen LogP contribution in [0.1, 0.15) is 28.9 Å². The predicted octanol–water partition coefficient (Wildman–Crippen LogP) is 2.28. The lowest BCUT2D eigenvalue weighted by Crippen LogP contribution is -2.43. The molecule has 2 aromatic rings. The highest BCUT2D eigenvalue weighted by Crippen LogP contribution is 2.22. The predicted molar refractivity (Wildman–Crippen MR) is 99.3 cm³/mol. The number of nitrogens with one attached hydrogen (secondary N) is 1. The van der Waals surface area contributed by atoms with Crippen LogP contribution in [0.15, 0.2) is 48.7 Å². The summed E-state index contributed by atoms with van der Waals surface area (Å²) < 4.78 is 10.9. The monoisotopic (exact) mass is 355 g/mol. The molecule has 1 atom stereocenters. The number of amides is 1. The fraction of sp³-hybridized carbons (Fsp3) is 0.400. The molecule has 1 aromatic heterocycles. The molecule has 26 heavy (non-hydrogen) atoms. The number of morpholine rings is 1. The van der Waals surface area contributed by atoms with Crippen molar-refractivity contribution in [1.29, 1.82) is 0 Å². The van der Waals surface area contributed by atoms with Gasteiger partial charge in [0.2, 0.25) is 5.88 Å². The van der Waals surface area contributed by atoms with Crippen molar-refractivity contribution in [1.82, 2.24) is 15.2 Å². The van der Waals surface area contributed by atoms with Crippen LogP contribution in [0.4, 0.5) is 0 Å². The van der Waals surface area contributed by atoms with Gasteiger partial charge in [-0.25, -0.2) is 4.98 Å². The molecule has 0 radical (unpaired) electrons. The Morgan fingerprint density at radius 1 is 1.23 bits per heavy atom. The molecule has 2 heterocycles. The van der Waals surface area contributed by atoms with E-state index in [0.717, 1.165) is 13.1 Å². The molecule has 3 rings (SSSR count). The number of pyridine rings is 1. The van der Waals surface area contributed by atoms with E-state index in [4.69, 9.17) is 9.47 Å². The average molecular weight is 355 g/mol. The fourth-order valence-corrected chi connectivity index (χ4v) is 3.12. The number of hydrogen-bond acceptors (Lipinski definition) is 5. The summed E-state index contributed by atoms with van der Waals surface area (Å²) in [5, 5.41) is 3.05. The summed E-state index contributed by atoms with van der Waals surface area (Å²) in [5.74, 6) is 0.200. The van der Waals surface area contributed by atoms with E-state index >= 15 is 0 Å². The van der Waals surface area contributed by atoms with E-state index in [-0.39, 0.29) is 11.9 Å². The fourth-order valence-electron chi connectivity index (χ4n) is 3.12. The number of carbonyl (C=O) groups excluding carboxylic acids is 1. The Morgan fingerprint density at radius 2 is 2.00 bits per heavy atom. The number of carbonyl (C=O) groups is 1. The minimum Gasteiger partial charge on any atom is -0.477 e. The number of nitrogens with zero attached hydrogens (tertiary/aromatic N) is 2. The van der Waals surface area contributed by atoms with Crippen LogP contribution in [0.3, 0.4) is 0 Å². The lowest BCUT2D eigenvalue weighted by Gasteiger charge is -2.35. The molecule has 0 spiro atoms. The summed E-state index contributed by atoms with van der Waals surface area (Å²) in [7, 11) is 0. The van der Waals surface area contributed by atoms with Crippen LogP contribution in [0.5, 0.6) is 5.88 Å². The number of rotatable bonds is 7. The van der Waals surface area contributed by atoms with Crippen LogP contribution in [-0.4, -0.2) is 55.2 Å². The maximum Gasteiger partial charge on any atom is 0.256 e. The molecule has 1 aliphatic rings. The molecule has 1 N–H and O–H groups in total. The Morgan fingerprint density at radius 3 is 2.73 bits per heavy atom. The van der Waals surface area contributed by atoms with E-state index in [1.54, 1.807) is 18.3 Å². The third-order valence-corrected chi connectivity index (χ3v) is 4.42. The Labute approximate surface area is 154 Å². The highest BCUT2D eigenvalue weighted by molar-refractivity contribution is 5.96. The van der Waals surface area contributed by atoms with Crippen molar-refractivity contribution in [2.45, 2.75) is 13.0 Å². The molecule has 1 amide bonds. The summed E-state index contributed by atoms with van der Waals surface area (Å²) in [5.41, 5.74) is 1.65. The summed E-state index contributed by atoms with van der Waals surface area (Å²) in [4.78, 5) is 19.2. The molecule has 138 valence electrons. The topological polar surface area (TPSA) is 63.7 Å². The van der Waals surface area contributed by atoms with Gasteiger partial charge < -0.3 is 14.8 Å². The van der Waals surface area contributed by atoms with Gasteiger partial charge in [-0.05, 0) is 24.6 Å². The van der Waals surface area contributed by atoms with Crippen molar-refractivity contribution in [2.24, 2.45) is 0 Å². The first-order valence-electron chi connectivity index (χ1n) is 9.02. The first-order valence-corrected chi connectivity index (χ1v) is 9.02. The van der Waals surface area contributed by atoms with Crippen LogP contribution < -0.4 is 10.1 Å². The third kappa shape index (κ3) is 4.59. The van der Waals surface area contributed by atoms with Crippen molar-refractivity contribution in [3.8, 4) is 5.88 Å². The molecule has 0 bridgehead atoms. The summed E-state index contributed by atoms with van der Waals surface area (Å²) in [6.07, 6.45) is 1.63. The Balaban J connectivity index is 1.72. The molecule has 6 nitrogen and oxygen atoms in total. The van der Waals surface area contributed by atoms with E-state index in [9.17, 15) is 4.79 Å². The molecule has 1 unspecified atom stereocenters. The second-order valence-electron chi connectivity index (χ2n) is 6.07. The number of hydrogen-bond donors (Lipinski definition) is 1. The van der Waals surface area contributed by atoms with Crippen LogP contribution >= 0.6 is 0 Å². The Hall–Kier alpha value is -2.44. The van der Waals surface area contributed by atoms with Crippen LogP contribution in [0, 0.1) is 0 Å². The highest BCUT2D eigenvalue weighted by atomic mass is 16.5. The van der Waals surface area contributed by atoms with E-state index in [0.29, 0.717) is 37.8 Å². The van der Waals surface area contributed by atoms with E-state index in [2.05, 4.69) is 27.3 Å². The van der Waals surface area contributed by atoms with E-state index in [1.165, 1.54) is 5.56 Å². The van der Waals surface area contributed by atoms with Crippen LogP contribution in [0.2, 0.25) is 0 Å². The van der Waals surface area contributed by atoms with Crippen LogP contribution in [-0.2, 0) is 4.74 Å². The van der Waals surface area contributed by atoms with Gasteiger partial charge >= 0.3 is 0 Å². The average Bonchev–Trinajstić information content (AvgIpc) is 2.70. The lowest BCUT2D eigenvalue weighted by molar-refractivity contribution is 0.0162. The molecular weight excluding hydrogens is 330 g/mol. The standard InChI is InChI=1S/C20H25N3O3/c1-2-26-20-17(9-6-10-21-20)19(24)22-15-18(16-7-4-3-5-8-16)23-11-13-25-14-12-23/h3-10,18H,2,11-15H2,1H3,(H,22,24). The zero-order valence-electron chi connectivity index (χ0n) is 15.1. The third-order valence-electron chi connectivity index (χ3n) is 4.42. The van der Waals surface area contributed by atoms with Gasteiger partial charge in [0.15, 0.2) is 0 Å². The van der Waals surface area contributed by atoms with Crippen molar-refractivity contribution in [3.63, 3.8) is 0 Å². The highest BCUT2D eigenvalue weighted by Gasteiger charge is 2.24. The number of aromatic nitrogens is 1. The molecule has 1 saturated heterocycles. The zero-order valence-corrected chi connectivity index (χ0v) is 15.1. The summed E-state index contributed by atoms with van der Waals surface area (Å²) in [6, 6.07) is 13.8. The van der Waals surface area contributed by atoms with Crippen molar-refractivity contribution < 1.29 is 14.3 Å². The van der Waals surface area contributed by atoms with Gasteiger partial charge in [0.1, 0.15) is 5.56 Å². The second-order valence-corrected chi connectivity index (χ2v) is 6.07. The van der Waals surface area contributed by atoms with Gasteiger partial charge in [-0.3, -0.25) is 9.69 Å². The van der Waals surface area contributed by atoms with Crippen LogP contribution in [0.25, 0.3) is 0 Å². The van der Waals surface area contributed by atoms with Gasteiger partial charge in [0.25, 0.3) is 5.91 Å². The van der Waals surface area contributed by atoms with Gasteiger partial charge in [0.05, 0.1) is 25.9 Å². The Kier molecular flexibility index (Phi) is 6.57. The Bertz CT molecular complexity index is 702. The maximum absolute atomic E-state index is 12.7. The smallest absolute Gasteiger partial charge is 0.256 e. The first kappa shape index (κ1) is 18.4. The maximum atomic E-state index is 12.7. The van der Waals surface area contributed by atoms with Gasteiger partial charge in [-0.2, -0.15) is 0 Å². The van der Waals surface area contributed by atoms with Gasteiger partial charge in [-0.1, -0.05) is 30.3 Å². The lowest BCUT2D eigenvalue weighted by atomic mass is 10.0. The minimum atomic E-state index is -0.171. The minimum absolute atomic E-state index is 0.108. The molecule has 0 aliphatic carbocycles. The van der Waals surface area contributed by atoms with E-state index in [1.807, 2.05) is 25.1 Å². The zero-order chi connectivity index (χ0) is 18.2. The van der Waals surface area contributed by atoms with Crippen molar-refractivity contribution in [2.75, 3.05) is 39.5 Å². The SMILES string of the molecule is CCOc1ncccc1C(=O)NCC(c1ccccc1)N1CCOCC1. The quantitative estimate of drug-likeness (QED) is 0.826. The molecule has 1 aromatic carbocycles. The van der Waals surface area contributed by atoms with Gasteiger partial charge in [-0.15, -0.1) is 0 Å². The largest absolute Gasteiger partial charge is 0.477 e.